The van der Waals surface area contributed by atoms with E-state index in [1.54, 1.807) is 0 Å². The SMILES string of the molecule is C=CB([O-])[O-]. The summed E-state index contributed by atoms with van der Waals surface area (Å²) in [5.74, 6) is 0.806. The molecule has 0 spiro atoms. The van der Waals surface area contributed by atoms with Crippen molar-refractivity contribution in [1.82, 2.24) is 0 Å². The van der Waals surface area contributed by atoms with Crippen LogP contribution in [-0.4, -0.2) is 7.12 Å². The Kier molecular flexibility index (Phi) is 1.88. The second-order valence-corrected chi connectivity index (χ2v) is 0.604. The molecule has 0 aliphatic heterocycles. The molecule has 5 heavy (non-hydrogen) atoms. The highest BCUT2D eigenvalue weighted by molar-refractivity contribution is 6.43. The third-order valence-corrected chi connectivity index (χ3v) is 0.192. The van der Waals surface area contributed by atoms with E-state index in [0.717, 1.165) is 5.98 Å². The van der Waals surface area contributed by atoms with Crippen LogP contribution in [0.1, 0.15) is 0 Å². The molecule has 0 aliphatic rings. The van der Waals surface area contributed by atoms with Crippen LogP contribution in [-0.2, 0) is 0 Å². The summed E-state index contributed by atoms with van der Waals surface area (Å²) in [4.78, 5) is 0. The molecule has 0 amide bonds. The maximum Gasteiger partial charge on any atom is -0.0859 e. The first-order valence-corrected chi connectivity index (χ1v) is 1.21. The van der Waals surface area contributed by atoms with E-state index in [0.29, 0.717) is 0 Å². The van der Waals surface area contributed by atoms with Gasteiger partial charge >= 0.3 is 0 Å². The first-order valence-electron chi connectivity index (χ1n) is 1.21. The number of hydrogen-bond acceptors (Lipinski definition) is 2. The molecule has 2 nitrogen and oxygen atoms in total. The Labute approximate surface area is 30.9 Å². The molecule has 0 aliphatic carbocycles. The third-order valence-electron chi connectivity index (χ3n) is 0.192. The van der Waals surface area contributed by atoms with Crippen LogP contribution in [0.4, 0.5) is 0 Å². The maximum absolute atomic E-state index is 9.22. The van der Waals surface area contributed by atoms with Crippen LogP contribution in [0.25, 0.3) is 0 Å². The first-order chi connectivity index (χ1) is 2.27. The summed E-state index contributed by atoms with van der Waals surface area (Å²) >= 11 is 0. The second-order valence-electron chi connectivity index (χ2n) is 0.604. The van der Waals surface area contributed by atoms with Gasteiger partial charge in [-0.2, -0.15) is 5.98 Å². The summed E-state index contributed by atoms with van der Waals surface area (Å²) in [6, 6.07) is 0. The molecule has 28 valence electrons. The van der Waals surface area contributed by atoms with Crippen molar-refractivity contribution < 1.29 is 10.0 Å². The van der Waals surface area contributed by atoms with Crippen LogP contribution >= 0.6 is 0 Å². The van der Waals surface area contributed by atoms with Crippen molar-refractivity contribution in [1.29, 1.82) is 0 Å². The van der Waals surface area contributed by atoms with Crippen molar-refractivity contribution in [3.8, 4) is 0 Å². The summed E-state index contributed by atoms with van der Waals surface area (Å²) < 4.78 is 0. The molecule has 0 bridgehead atoms. The molecule has 0 rings (SSSR count). The predicted molar refractivity (Wildman–Crippen MR) is 16.0 cm³/mol. The monoisotopic (exact) mass is 70.0 g/mol. The van der Waals surface area contributed by atoms with Crippen molar-refractivity contribution in [2.75, 3.05) is 0 Å². The van der Waals surface area contributed by atoms with Gasteiger partial charge in [0.1, 0.15) is 0 Å². The molecule has 0 saturated carbocycles. The van der Waals surface area contributed by atoms with Gasteiger partial charge in [-0.25, -0.2) is 0 Å². The van der Waals surface area contributed by atoms with Gasteiger partial charge in [0.25, 0.3) is 0 Å². The van der Waals surface area contributed by atoms with Gasteiger partial charge in [0, 0.05) is 0 Å². The van der Waals surface area contributed by atoms with Crippen molar-refractivity contribution in [3.05, 3.63) is 12.6 Å². The second kappa shape index (κ2) is 1.99. The lowest BCUT2D eigenvalue weighted by Crippen LogP contribution is -2.42. The Morgan fingerprint density at radius 1 is 1.60 bits per heavy atom. The van der Waals surface area contributed by atoms with Crippen molar-refractivity contribution in [3.63, 3.8) is 0 Å². The van der Waals surface area contributed by atoms with E-state index in [-0.39, 0.29) is 0 Å². The van der Waals surface area contributed by atoms with E-state index < -0.39 is 7.12 Å². The van der Waals surface area contributed by atoms with Gasteiger partial charge in [0.05, 0.1) is 0 Å². The Morgan fingerprint density at radius 2 is 1.80 bits per heavy atom. The van der Waals surface area contributed by atoms with Gasteiger partial charge in [-0.05, 0) is 0 Å². The number of rotatable bonds is 1. The minimum atomic E-state index is -1.85. The zero-order valence-corrected chi connectivity index (χ0v) is 2.68. The molecule has 0 unspecified atom stereocenters. The smallest absolute Gasteiger partial charge is 0.0859 e. The molecule has 0 fully saturated rings. The van der Waals surface area contributed by atoms with Crippen LogP contribution < -0.4 is 10.0 Å². The Balaban J connectivity index is 2.83. The lowest BCUT2D eigenvalue weighted by atomic mass is 9.94. The molecule has 3 heteroatoms. The van der Waals surface area contributed by atoms with Crippen LogP contribution in [0.5, 0.6) is 0 Å². The van der Waals surface area contributed by atoms with Crippen LogP contribution in [0.2, 0.25) is 0 Å². The van der Waals surface area contributed by atoms with E-state index in [9.17, 15) is 10.0 Å². The summed E-state index contributed by atoms with van der Waals surface area (Å²) in [5, 5.41) is 18.4. The van der Waals surface area contributed by atoms with E-state index >= 15 is 0 Å². The summed E-state index contributed by atoms with van der Waals surface area (Å²) in [6.45, 7) is 2.94. The van der Waals surface area contributed by atoms with E-state index in [1.807, 2.05) is 0 Å². The minimum absolute atomic E-state index is 0.806. The molecule has 0 heterocycles. The predicted octanol–water partition coefficient (Wildman–Crippen LogP) is -2.08. The van der Waals surface area contributed by atoms with Crippen molar-refractivity contribution >= 4 is 7.12 Å². The fraction of sp³-hybridized carbons (Fsp3) is 0. The fourth-order valence-corrected chi connectivity index (χ4v) is 0. The van der Waals surface area contributed by atoms with Gasteiger partial charge in [-0.1, -0.05) is 7.12 Å². The first kappa shape index (κ1) is 4.72. The topological polar surface area (TPSA) is 46.1 Å². The van der Waals surface area contributed by atoms with Crippen LogP contribution in [0, 0.1) is 0 Å². The fourth-order valence-electron chi connectivity index (χ4n) is 0. The standard InChI is InChI=1S/C2H3BO2/c1-2-3(4)5/h2H,1H2/q-2. The lowest BCUT2D eigenvalue weighted by molar-refractivity contribution is -0.342. The molecule has 0 aromatic rings. The third kappa shape index (κ3) is 3.72. The lowest BCUT2D eigenvalue weighted by Gasteiger charge is -2.19. The quantitative estimate of drug-likeness (QED) is 0.332. The molecule has 0 atom stereocenters. The van der Waals surface area contributed by atoms with Gasteiger partial charge in [0.15, 0.2) is 0 Å². The number of hydrogen-bond donors (Lipinski definition) is 0. The Hall–Kier alpha value is -0.275. The summed E-state index contributed by atoms with van der Waals surface area (Å²) in [5.41, 5.74) is 0. The van der Waals surface area contributed by atoms with E-state index in [4.69, 9.17) is 0 Å². The normalized spacial score (nSPS) is 6.80. The highest BCUT2D eigenvalue weighted by atomic mass is 16.4. The van der Waals surface area contributed by atoms with E-state index in [2.05, 4.69) is 6.58 Å². The van der Waals surface area contributed by atoms with Crippen molar-refractivity contribution in [2.24, 2.45) is 0 Å². The molecule has 0 radical (unpaired) electrons. The van der Waals surface area contributed by atoms with Gasteiger partial charge in [-0.15, -0.1) is 6.58 Å². The molecule has 0 aromatic carbocycles. The van der Waals surface area contributed by atoms with Gasteiger partial charge in [0.2, 0.25) is 0 Å². The van der Waals surface area contributed by atoms with E-state index in [1.165, 1.54) is 0 Å². The average molecular weight is 69.9 g/mol. The Morgan fingerprint density at radius 3 is 1.80 bits per heavy atom. The molecule has 0 N–H and O–H groups in total. The highest BCUT2D eigenvalue weighted by Crippen LogP contribution is 1.46. The minimum Gasteiger partial charge on any atom is -0.890 e. The zero-order chi connectivity index (χ0) is 4.28. The average Bonchev–Trinajstić information content (AvgIpc) is 1.38. The molecular weight excluding hydrogens is 66.8 g/mol. The zero-order valence-electron chi connectivity index (χ0n) is 2.68. The Bertz CT molecular complexity index is 34.6. The molecule has 0 saturated heterocycles. The van der Waals surface area contributed by atoms with Crippen LogP contribution in [0.3, 0.4) is 0 Å². The summed E-state index contributed by atoms with van der Waals surface area (Å²) in [7, 11) is -1.85. The summed E-state index contributed by atoms with van der Waals surface area (Å²) in [6.07, 6.45) is 0. The van der Waals surface area contributed by atoms with Gasteiger partial charge < -0.3 is 10.0 Å². The van der Waals surface area contributed by atoms with Gasteiger partial charge in [-0.3, -0.25) is 0 Å². The van der Waals surface area contributed by atoms with Crippen LogP contribution in [0.15, 0.2) is 12.6 Å². The van der Waals surface area contributed by atoms with Crippen molar-refractivity contribution in [2.45, 2.75) is 0 Å². The molecular formula is C2H3BO2-2. The largest absolute Gasteiger partial charge is 0.890 e. The molecule has 0 aromatic heterocycles. The highest BCUT2D eigenvalue weighted by Gasteiger charge is 1.50. The maximum atomic E-state index is 9.22.